The van der Waals surface area contributed by atoms with E-state index in [0.717, 1.165) is 70.6 Å². The third-order valence-electron chi connectivity index (χ3n) is 13.1. The Kier molecular flexibility index (Phi) is 12.1. The number of fused-ring (bicyclic) bond motifs is 3. The van der Waals surface area contributed by atoms with Crippen molar-refractivity contribution >= 4 is 71.6 Å². The Labute approximate surface area is 345 Å². The predicted octanol–water partition coefficient (Wildman–Crippen LogP) is 11.2. The van der Waals surface area contributed by atoms with Crippen molar-refractivity contribution in [2.45, 2.75) is 143 Å². The number of unbranched alkanes of at least 4 members (excludes halogenated alkanes) is 13. The first-order chi connectivity index (χ1) is 28.8. The molecule has 0 spiro atoms. The monoisotopic (exact) mass is 794 g/mol. The topological polar surface area (TPSA) is 111 Å². The molecule has 1 aliphatic rings. The fourth-order valence-corrected chi connectivity index (χ4v) is 9.94. The fourth-order valence-electron chi connectivity index (χ4n) is 9.94. The van der Waals surface area contributed by atoms with Crippen LogP contribution in [0.3, 0.4) is 0 Å². The smallest absolute Gasteiger partial charge is 0.264 e. The van der Waals surface area contributed by atoms with Gasteiger partial charge in [-0.25, -0.2) is 4.98 Å². The maximum Gasteiger partial charge on any atom is 0.264 e. The summed E-state index contributed by atoms with van der Waals surface area (Å²) in [6, 6.07) is 14.1. The van der Waals surface area contributed by atoms with Gasteiger partial charge in [-0.15, -0.1) is 0 Å². The summed E-state index contributed by atoms with van der Waals surface area (Å²) in [6.45, 7) is 7.38. The van der Waals surface area contributed by atoms with Gasteiger partial charge < -0.3 is 0 Å². The molecule has 0 saturated carbocycles. The third-order valence-corrected chi connectivity index (χ3v) is 13.1. The first-order valence-electron chi connectivity index (χ1n) is 22.7. The summed E-state index contributed by atoms with van der Waals surface area (Å²) in [4.78, 5) is 77.7. The molecule has 3 aromatic heterocycles. The van der Waals surface area contributed by atoms with Crippen LogP contribution in [0.5, 0.6) is 0 Å². The molecule has 9 heteroatoms. The van der Waals surface area contributed by atoms with Gasteiger partial charge in [0.2, 0.25) is 0 Å². The minimum Gasteiger partial charge on any atom is -0.274 e. The van der Waals surface area contributed by atoms with Gasteiger partial charge in [0, 0.05) is 67.3 Å². The van der Waals surface area contributed by atoms with Crippen molar-refractivity contribution in [1.29, 1.82) is 0 Å². The molecule has 4 aromatic carbocycles. The predicted molar refractivity (Wildman–Crippen MR) is 241 cm³/mol. The molecule has 308 valence electrons. The van der Waals surface area contributed by atoms with Gasteiger partial charge in [0.15, 0.2) is 0 Å². The molecular formula is C50H58N4O5. The second-order valence-corrected chi connectivity index (χ2v) is 17.2. The van der Waals surface area contributed by atoms with E-state index in [1.165, 1.54) is 54.4 Å². The van der Waals surface area contributed by atoms with Crippen LogP contribution in [-0.4, -0.2) is 37.2 Å². The molecule has 2 amide bonds. The minimum atomic E-state index is -0.335. The first-order valence-corrected chi connectivity index (χ1v) is 22.7. The standard InChI is InChI=1S/C50H58N4O5/c1-4-7-10-13-15-18-21-32(20-17-12-9-6-3)31-53-48(57)34-23-22-33-41-38(25-24-35(42(34)41)49(53)58)50(59)54-40-29-27-37-43-36(26-28-39(44(40)43)51-45(33)54)46(55)52(47(37)56)30-19-16-14-11-8-5-2/h22-29,32H,4-21,30-31H2,1-3H3. The number of nitrogens with zero attached hydrogens (tertiary/aromatic N) is 4. The maximum absolute atomic E-state index is 14.7. The highest BCUT2D eigenvalue weighted by Gasteiger charge is 2.36. The number of aromatic nitrogens is 3. The Morgan fingerprint density at radius 2 is 0.983 bits per heavy atom. The van der Waals surface area contributed by atoms with Crippen molar-refractivity contribution in [2.24, 2.45) is 5.92 Å². The molecule has 0 saturated heterocycles. The van der Waals surface area contributed by atoms with Crippen molar-refractivity contribution in [3.63, 3.8) is 0 Å². The summed E-state index contributed by atoms with van der Waals surface area (Å²) in [5.74, 6) is -0.374. The number of carbonyl (C=O) groups excluding carboxylic acids is 2. The average molecular weight is 795 g/mol. The van der Waals surface area contributed by atoms with Crippen molar-refractivity contribution < 1.29 is 9.59 Å². The number of benzene rings is 4. The molecule has 8 rings (SSSR count). The number of carbonyl (C=O) groups is 2. The normalized spacial score (nSPS) is 13.8. The van der Waals surface area contributed by atoms with E-state index in [9.17, 15) is 24.0 Å². The number of pyridine rings is 2. The largest absolute Gasteiger partial charge is 0.274 e. The molecule has 9 nitrogen and oxygen atoms in total. The minimum absolute atomic E-state index is 0.241. The van der Waals surface area contributed by atoms with Crippen LogP contribution in [0.1, 0.15) is 157 Å². The average Bonchev–Trinajstić information content (AvgIpc) is 3.24. The van der Waals surface area contributed by atoms with E-state index >= 15 is 0 Å². The number of imide groups is 1. The van der Waals surface area contributed by atoms with Gasteiger partial charge in [-0.2, -0.15) is 0 Å². The Morgan fingerprint density at radius 1 is 0.492 bits per heavy atom. The zero-order valence-corrected chi connectivity index (χ0v) is 35.2. The van der Waals surface area contributed by atoms with Crippen LogP contribution in [0.25, 0.3) is 59.8 Å². The van der Waals surface area contributed by atoms with Crippen LogP contribution >= 0.6 is 0 Å². The molecule has 0 bridgehead atoms. The van der Waals surface area contributed by atoms with E-state index in [-0.39, 0.29) is 34.4 Å². The maximum atomic E-state index is 14.7. The molecule has 1 atom stereocenters. The van der Waals surface area contributed by atoms with Crippen molar-refractivity contribution in [3.8, 4) is 0 Å². The SMILES string of the molecule is CCCCCCCCC(CCCCCC)CN1C(=O)c2ccc3c(=O)n4c5ccc6c(=O)n(CCCCCCCC)c(=O)c7ccc(nc4c4ccc(c2c34)C1=O)c5c76. The van der Waals surface area contributed by atoms with Crippen LogP contribution < -0.4 is 16.7 Å². The van der Waals surface area contributed by atoms with Crippen molar-refractivity contribution in [1.82, 2.24) is 18.9 Å². The second kappa shape index (κ2) is 17.6. The van der Waals surface area contributed by atoms with Crippen LogP contribution in [0.4, 0.5) is 0 Å². The zero-order valence-electron chi connectivity index (χ0n) is 35.2. The highest BCUT2D eigenvalue weighted by Crippen LogP contribution is 2.39. The van der Waals surface area contributed by atoms with Gasteiger partial charge in [-0.1, -0.05) is 117 Å². The summed E-state index contributed by atoms with van der Waals surface area (Å²) >= 11 is 0. The van der Waals surface area contributed by atoms with Gasteiger partial charge in [0.25, 0.3) is 28.5 Å². The van der Waals surface area contributed by atoms with Crippen LogP contribution in [0, 0.1) is 5.92 Å². The first kappa shape index (κ1) is 40.6. The Hall–Kier alpha value is -5.18. The molecule has 59 heavy (non-hydrogen) atoms. The molecule has 0 aliphatic carbocycles. The lowest BCUT2D eigenvalue weighted by Crippen LogP contribution is -2.43. The Bertz CT molecular complexity index is 2800. The number of hydrogen-bond acceptors (Lipinski definition) is 6. The summed E-state index contributed by atoms with van der Waals surface area (Å²) in [6.07, 6.45) is 20.1. The lowest BCUT2D eigenvalue weighted by molar-refractivity contribution is 0.0577. The molecule has 4 heterocycles. The van der Waals surface area contributed by atoms with Crippen LogP contribution in [0.2, 0.25) is 0 Å². The van der Waals surface area contributed by atoms with Crippen LogP contribution in [0.15, 0.2) is 62.9 Å². The third kappa shape index (κ3) is 7.29. The van der Waals surface area contributed by atoms with Crippen molar-refractivity contribution in [2.75, 3.05) is 6.54 Å². The highest BCUT2D eigenvalue weighted by atomic mass is 16.2. The van der Waals surface area contributed by atoms with E-state index in [4.69, 9.17) is 4.98 Å². The molecular weight excluding hydrogens is 737 g/mol. The highest BCUT2D eigenvalue weighted by molar-refractivity contribution is 6.31. The van der Waals surface area contributed by atoms with Gasteiger partial charge in [-0.05, 0) is 73.7 Å². The molecule has 1 aliphatic heterocycles. The van der Waals surface area contributed by atoms with Crippen LogP contribution in [-0.2, 0) is 6.54 Å². The molecule has 1 unspecified atom stereocenters. The lowest BCUT2D eigenvalue weighted by atomic mass is 9.88. The molecule has 0 radical (unpaired) electrons. The second-order valence-electron chi connectivity index (χ2n) is 17.2. The van der Waals surface area contributed by atoms with Gasteiger partial charge in [-0.3, -0.25) is 37.8 Å². The lowest BCUT2D eigenvalue weighted by Gasteiger charge is -2.31. The van der Waals surface area contributed by atoms with E-state index in [1.807, 2.05) is 6.07 Å². The number of hydrogen-bond donors (Lipinski definition) is 0. The quantitative estimate of drug-likeness (QED) is 0.0310. The van der Waals surface area contributed by atoms with E-state index < -0.39 is 0 Å². The van der Waals surface area contributed by atoms with Crippen molar-refractivity contribution in [3.05, 3.63) is 90.7 Å². The molecule has 0 fully saturated rings. The zero-order chi connectivity index (χ0) is 41.2. The summed E-state index contributed by atoms with van der Waals surface area (Å²) < 4.78 is 2.93. The fraction of sp³-hybridized carbons (Fsp3) is 0.480. The van der Waals surface area contributed by atoms with Gasteiger partial charge >= 0.3 is 0 Å². The van der Waals surface area contributed by atoms with Gasteiger partial charge in [0.1, 0.15) is 5.65 Å². The summed E-state index contributed by atoms with van der Waals surface area (Å²) in [7, 11) is 0. The Balaban J connectivity index is 1.18. The number of rotatable bonds is 21. The Morgan fingerprint density at radius 3 is 1.61 bits per heavy atom. The van der Waals surface area contributed by atoms with Gasteiger partial charge in [0.05, 0.1) is 11.0 Å². The summed E-state index contributed by atoms with van der Waals surface area (Å²) in [5.41, 5.74) is 1.39. The van der Waals surface area contributed by atoms with E-state index in [1.54, 1.807) is 46.9 Å². The number of amides is 2. The van der Waals surface area contributed by atoms with E-state index in [2.05, 4.69) is 20.8 Å². The summed E-state index contributed by atoms with van der Waals surface area (Å²) in [5, 5.41) is 4.10. The van der Waals surface area contributed by atoms with E-state index in [0.29, 0.717) is 84.0 Å². The molecule has 0 N–H and O–H groups in total. The molecule has 7 aromatic rings.